The van der Waals surface area contributed by atoms with Crippen molar-refractivity contribution < 1.29 is 19.0 Å². The van der Waals surface area contributed by atoms with Crippen molar-refractivity contribution in [3.63, 3.8) is 0 Å². The number of methoxy groups -OCH3 is 3. The third-order valence-corrected chi connectivity index (χ3v) is 5.15. The maximum Gasteiger partial charge on any atom is 0.337 e. The molecule has 2 aliphatic rings. The second-order valence-electron chi connectivity index (χ2n) is 5.87. The van der Waals surface area contributed by atoms with E-state index in [1.807, 2.05) is 0 Å². The summed E-state index contributed by atoms with van der Waals surface area (Å²) in [5.74, 6) is -2.73. The highest BCUT2D eigenvalue weighted by Gasteiger charge is 2.93. The van der Waals surface area contributed by atoms with Crippen LogP contribution in [0.4, 0.5) is 0 Å². The molecule has 0 spiro atoms. The third-order valence-electron chi connectivity index (χ3n) is 5.15. The van der Waals surface area contributed by atoms with Crippen LogP contribution in [0.5, 0.6) is 0 Å². The fourth-order valence-corrected chi connectivity index (χ4v) is 3.95. The van der Waals surface area contributed by atoms with Crippen LogP contribution in [-0.4, -0.2) is 39.0 Å². The third kappa shape index (κ3) is 1.65. The lowest BCUT2D eigenvalue weighted by atomic mass is 9.93. The molecule has 3 rings (SSSR count). The van der Waals surface area contributed by atoms with Crippen LogP contribution in [0.15, 0.2) is 29.3 Å². The van der Waals surface area contributed by atoms with Gasteiger partial charge in [0.25, 0.3) is 5.91 Å². The van der Waals surface area contributed by atoms with E-state index in [4.69, 9.17) is 15.2 Å². The summed E-state index contributed by atoms with van der Waals surface area (Å²) in [4.78, 5) is 15.7. The lowest BCUT2D eigenvalue weighted by molar-refractivity contribution is -0.230. The highest BCUT2D eigenvalue weighted by molar-refractivity contribution is 6.00. The van der Waals surface area contributed by atoms with Gasteiger partial charge in [-0.1, -0.05) is 12.1 Å². The number of ether oxygens (including phenoxy) is 3. The molecule has 1 fully saturated rings. The number of carbonyl (C=O) groups is 1. The Morgan fingerprint density at radius 3 is 2.20 bits per heavy atom. The first-order valence-corrected chi connectivity index (χ1v) is 7.41. The molecule has 0 saturated heterocycles. The van der Waals surface area contributed by atoms with Gasteiger partial charge in [-0.3, -0.25) is 0 Å². The van der Waals surface area contributed by atoms with Crippen LogP contribution >= 0.6 is 0 Å². The molecule has 1 aromatic carbocycles. The van der Waals surface area contributed by atoms with E-state index in [0.717, 1.165) is 0 Å². The van der Waals surface area contributed by atoms with Gasteiger partial charge in [0, 0.05) is 20.1 Å². The lowest BCUT2D eigenvalue weighted by Gasteiger charge is -2.29. The summed E-state index contributed by atoms with van der Waals surface area (Å²) in [5, 5.41) is 19.7. The number of carbonyl (C=O) groups excluding carboxylic acids is 1. The van der Waals surface area contributed by atoms with E-state index in [1.165, 1.54) is 21.3 Å². The molecule has 1 aromatic rings. The lowest BCUT2D eigenvalue weighted by Crippen LogP contribution is -2.41. The first-order valence-electron chi connectivity index (χ1n) is 7.41. The van der Waals surface area contributed by atoms with Crippen LogP contribution in [0, 0.1) is 33.5 Å². The van der Waals surface area contributed by atoms with E-state index in [2.05, 4.69) is 21.9 Å². The molecule has 0 radical (unpaired) electrons. The fourth-order valence-electron chi connectivity index (χ4n) is 3.95. The number of nitriles is 2. The van der Waals surface area contributed by atoms with Crippen molar-refractivity contribution in [3.8, 4) is 12.1 Å². The van der Waals surface area contributed by atoms with Crippen molar-refractivity contribution in [1.82, 2.24) is 0 Å². The zero-order chi connectivity index (χ0) is 18.5. The number of hydrogen-bond donors (Lipinski definition) is 1. The van der Waals surface area contributed by atoms with E-state index < -0.39 is 28.6 Å². The Labute approximate surface area is 144 Å². The second-order valence-corrected chi connectivity index (χ2v) is 5.87. The number of aliphatic imine (C=N–C) groups is 1. The maximum atomic E-state index is 11.6. The van der Waals surface area contributed by atoms with Gasteiger partial charge in [0.15, 0.2) is 5.41 Å². The van der Waals surface area contributed by atoms with Crippen LogP contribution < -0.4 is 5.73 Å². The molecule has 0 aromatic heterocycles. The van der Waals surface area contributed by atoms with E-state index in [0.29, 0.717) is 11.1 Å². The number of esters is 1. The first-order chi connectivity index (χ1) is 11.9. The van der Waals surface area contributed by atoms with Crippen LogP contribution in [-0.2, 0) is 14.2 Å². The summed E-state index contributed by atoms with van der Waals surface area (Å²) in [6.07, 6.45) is 0. The van der Waals surface area contributed by atoms with Gasteiger partial charge in [0.1, 0.15) is 11.3 Å². The van der Waals surface area contributed by atoms with Gasteiger partial charge in [0.05, 0.1) is 24.8 Å². The summed E-state index contributed by atoms with van der Waals surface area (Å²) in [6.45, 7) is 0. The largest absolute Gasteiger partial charge is 0.465 e. The molecule has 0 unspecified atom stereocenters. The van der Waals surface area contributed by atoms with Gasteiger partial charge in [0.2, 0.25) is 0 Å². The molecular weight excluding hydrogens is 324 g/mol. The van der Waals surface area contributed by atoms with Gasteiger partial charge in [-0.25, -0.2) is 9.79 Å². The van der Waals surface area contributed by atoms with Gasteiger partial charge in [-0.05, 0) is 17.7 Å². The minimum Gasteiger partial charge on any atom is -0.465 e. The SMILES string of the molecule is COC(=O)c1ccc([C@@H]2[C@@]3(C#N)C(OC)(OC)N=C(N)[C@]23C#N)cc1. The van der Waals surface area contributed by atoms with Crippen molar-refractivity contribution >= 4 is 11.8 Å². The van der Waals surface area contributed by atoms with E-state index in [1.54, 1.807) is 24.3 Å². The summed E-state index contributed by atoms with van der Waals surface area (Å²) < 4.78 is 15.4. The van der Waals surface area contributed by atoms with Crippen molar-refractivity contribution in [2.75, 3.05) is 21.3 Å². The molecule has 1 aliphatic carbocycles. The number of fused-ring (bicyclic) bond motifs is 1. The van der Waals surface area contributed by atoms with Gasteiger partial charge >= 0.3 is 5.97 Å². The molecule has 8 heteroatoms. The van der Waals surface area contributed by atoms with Crippen molar-refractivity contribution in [2.24, 2.45) is 21.6 Å². The number of hydrogen-bond acceptors (Lipinski definition) is 8. The molecule has 3 atom stereocenters. The monoisotopic (exact) mass is 340 g/mol. The van der Waals surface area contributed by atoms with Crippen LogP contribution in [0.3, 0.4) is 0 Å². The van der Waals surface area contributed by atoms with Crippen molar-refractivity contribution in [3.05, 3.63) is 35.4 Å². The first kappa shape index (κ1) is 16.9. The Kier molecular flexibility index (Phi) is 3.57. The van der Waals surface area contributed by atoms with E-state index >= 15 is 0 Å². The number of nitrogens with two attached hydrogens (primary N) is 1. The molecule has 2 N–H and O–H groups in total. The summed E-state index contributed by atoms with van der Waals surface area (Å²) >= 11 is 0. The number of rotatable bonds is 4. The highest BCUT2D eigenvalue weighted by Crippen LogP contribution is 2.81. The molecule has 0 amide bonds. The average Bonchev–Trinajstić information content (AvgIpc) is 3.23. The summed E-state index contributed by atoms with van der Waals surface area (Å²) in [7, 11) is 3.99. The number of benzene rings is 1. The van der Waals surface area contributed by atoms with Crippen LogP contribution in [0.1, 0.15) is 21.8 Å². The second kappa shape index (κ2) is 5.28. The van der Waals surface area contributed by atoms with Gasteiger partial charge in [-0.2, -0.15) is 10.5 Å². The Balaban J connectivity index is 2.13. The van der Waals surface area contributed by atoms with Gasteiger partial charge in [-0.15, -0.1) is 0 Å². The minimum atomic E-state index is -1.66. The Bertz CT molecular complexity index is 847. The molecule has 128 valence electrons. The van der Waals surface area contributed by atoms with Crippen molar-refractivity contribution in [1.29, 1.82) is 10.5 Å². The molecule has 1 aliphatic heterocycles. The Morgan fingerprint density at radius 2 is 1.76 bits per heavy atom. The molecular formula is C17H16N4O4. The maximum absolute atomic E-state index is 11.6. The molecule has 1 saturated carbocycles. The quantitative estimate of drug-likeness (QED) is 0.636. The Morgan fingerprint density at radius 1 is 1.16 bits per heavy atom. The predicted octanol–water partition coefficient (Wildman–Crippen LogP) is 0.908. The standard InChI is InChI=1S/C17H16N4O4/c1-23-13(22)11-6-4-10(5-7-11)12-15(8-18)14(20)21-17(24-2,25-3)16(12,15)9-19/h4-7,12H,1-3H3,(H2,20,21)/t12-,15-,16+/m0/s1. The predicted molar refractivity (Wildman–Crippen MR) is 85.0 cm³/mol. The summed E-state index contributed by atoms with van der Waals surface area (Å²) in [6, 6.07) is 10.8. The molecule has 25 heavy (non-hydrogen) atoms. The Hall–Kier alpha value is -2.94. The average molecular weight is 340 g/mol. The number of nitrogens with zero attached hydrogens (tertiary/aromatic N) is 3. The van der Waals surface area contributed by atoms with Crippen LogP contribution in [0.25, 0.3) is 0 Å². The number of amidine groups is 1. The zero-order valence-electron chi connectivity index (χ0n) is 13.9. The normalized spacial score (nSPS) is 31.2. The minimum absolute atomic E-state index is 0.00212. The molecule has 1 heterocycles. The smallest absolute Gasteiger partial charge is 0.337 e. The van der Waals surface area contributed by atoms with E-state index in [9.17, 15) is 15.3 Å². The van der Waals surface area contributed by atoms with Crippen molar-refractivity contribution in [2.45, 2.75) is 11.8 Å². The summed E-state index contributed by atoms with van der Waals surface area (Å²) in [5.41, 5.74) is 4.29. The fraction of sp³-hybridized carbons (Fsp3) is 0.412. The highest BCUT2D eigenvalue weighted by atomic mass is 16.7. The van der Waals surface area contributed by atoms with Crippen LogP contribution in [0.2, 0.25) is 0 Å². The topological polar surface area (TPSA) is 131 Å². The van der Waals surface area contributed by atoms with Gasteiger partial charge < -0.3 is 19.9 Å². The molecule has 0 bridgehead atoms. The molecule has 8 nitrogen and oxygen atoms in total. The van der Waals surface area contributed by atoms with E-state index in [-0.39, 0.29) is 5.84 Å². The zero-order valence-corrected chi connectivity index (χ0v) is 13.9.